The molecule has 5 rings (SSSR count). The number of rotatable bonds is 6. The lowest BCUT2D eigenvalue weighted by atomic mass is 9.95. The first-order valence-corrected chi connectivity index (χ1v) is 11.2. The van der Waals surface area contributed by atoms with Crippen LogP contribution in [0.3, 0.4) is 0 Å². The van der Waals surface area contributed by atoms with Gasteiger partial charge in [-0.05, 0) is 48.6 Å². The van der Waals surface area contributed by atoms with Gasteiger partial charge in [0.05, 0.1) is 11.1 Å². The number of anilines is 1. The van der Waals surface area contributed by atoms with Crippen LogP contribution >= 0.6 is 0 Å². The fraction of sp³-hybridized carbons (Fsp3) is 0.360. The topological polar surface area (TPSA) is 45.2 Å². The summed E-state index contributed by atoms with van der Waals surface area (Å²) in [6.07, 6.45) is 0.0289. The fourth-order valence-electron chi connectivity index (χ4n) is 4.58. The Labute approximate surface area is 191 Å². The van der Waals surface area contributed by atoms with Gasteiger partial charge < -0.3 is 10.2 Å². The van der Waals surface area contributed by atoms with Gasteiger partial charge in [0.25, 0.3) is 6.43 Å². The standard InChI is InChI=1S/C25H23BF3N3O/c26-22-11-21(30-12-16-2-1-3-18(23(16)27)24(28)29)19-10-15(6-7-20(19)31-22)17-8-9-32(13-17)25(33)14-4-5-14/h1-3,6-7,10-11,14,17,24H,4-5,8-9,12-13H2,(H,30,31). The lowest BCUT2D eigenvalue weighted by molar-refractivity contribution is -0.131. The number of benzene rings is 2. The lowest BCUT2D eigenvalue weighted by Crippen LogP contribution is -2.29. The molecule has 3 aromatic rings. The van der Waals surface area contributed by atoms with E-state index in [4.69, 9.17) is 7.85 Å². The van der Waals surface area contributed by atoms with Gasteiger partial charge in [0.15, 0.2) is 0 Å². The number of amides is 1. The van der Waals surface area contributed by atoms with Crippen molar-refractivity contribution < 1.29 is 18.0 Å². The normalized spacial score (nSPS) is 18.3. The van der Waals surface area contributed by atoms with E-state index in [1.807, 2.05) is 23.1 Å². The molecule has 2 heterocycles. The summed E-state index contributed by atoms with van der Waals surface area (Å²) in [7, 11) is 5.96. The van der Waals surface area contributed by atoms with Crippen LogP contribution in [0.15, 0.2) is 42.5 Å². The van der Waals surface area contributed by atoms with E-state index in [1.165, 1.54) is 12.1 Å². The van der Waals surface area contributed by atoms with Crippen molar-refractivity contribution in [1.29, 1.82) is 0 Å². The zero-order valence-electron chi connectivity index (χ0n) is 18.0. The van der Waals surface area contributed by atoms with E-state index in [-0.39, 0.29) is 29.9 Å². The van der Waals surface area contributed by atoms with Crippen LogP contribution in [0.2, 0.25) is 0 Å². The van der Waals surface area contributed by atoms with Crippen LogP contribution in [0.25, 0.3) is 10.9 Å². The number of hydrogen-bond acceptors (Lipinski definition) is 3. The van der Waals surface area contributed by atoms with Gasteiger partial charge in [-0.25, -0.2) is 13.2 Å². The number of hydrogen-bond donors (Lipinski definition) is 1. The molecule has 0 spiro atoms. The van der Waals surface area contributed by atoms with Gasteiger partial charge in [-0.1, -0.05) is 24.3 Å². The molecule has 2 radical (unpaired) electrons. The third-order valence-electron chi connectivity index (χ3n) is 6.56. The predicted octanol–water partition coefficient (Wildman–Crippen LogP) is 4.44. The molecule has 8 heteroatoms. The predicted molar refractivity (Wildman–Crippen MR) is 122 cm³/mol. The SMILES string of the molecule is [B]c1cc(NCc2cccc(C(F)F)c2F)c2cc(C3CCN(C(=O)C4CC4)C3)ccc2n1. The highest BCUT2D eigenvalue weighted by Crippen LogP contribution is 2.36. The number of alkyl halides is 2. The van der Waals surface area contributed by atoms with Crippen LogP contribution in [-0.2, 0) is 11.3 Å². The smallest absolute Gasteiger partial charge is 0.266 e. The van der Waals surface area contributed by atoms with Crippen molar-refractivity contribution >= 4 is 35.9 Å². The van der Waals surface area contributed by atoms with Crippen LogP contribution < -0.4 is 10.9 Å². The van der Waals surface area contributed by atoms with Crippen LogP contribution in [-0.4, -0.2) is 36.7 Å². The van der Waals surface area contributed by atoms with Crippen molar-refractivity contribution in [1.82, 2.24) is 9.88 Å². The van der Waals surface area contributed by atoms with Crippen LogP contribution in [0.5, 0.6) is 0 Å². The summed E-state index contributed by atoms with van der Waals surface area (Å²) >= 11 is 0. The van der Waals surface area contributed by atoms with E-state index in [9.17, 15) is 18.0 Å². The summed E-state index contributed by atoms with van der Waals surface area (Å²) in [6.45, 7) is 1.50. The highest BCUT2D eigenvalue weighted by atomic mass is 19.3. The number of nitrogens with zero attached hydrogens (tertiary/aromatic N) is 2. The Morgan fingerprint density at radius 2 is 2.00 bits per heavy atom. The molecule has 1 saturated carbocycles. The quantitative estimate of drug-likeness (QED) is 0.566. The number of fused-ring (bicyclic) bond motifs is 1. The maximum atomic E-state index is 14.5. The highest BCUT2D eigenvalue weighted by Gasteiger charge is 2.36. The van der Waals surface area contributed by atoms with Crippen molar-refractivity contribution in [2.45, 2.75) is 38.2 Å². The third-order valence-corrected chi connectivity index (χ3v) is 6.56. The Balaban J connectivity index is 1.40. The molecule has 168 valence electrons. The average Bonchev–Trinajstić information content (AvgIpc) is 3.53. The number of carbonyl (C=O) groups is 1. The zero-order valence-corrected chi connectivity index (χ0v) is 18.0. The van der Waals surface area contributed by atoms with Gasteiger partial charge in [0, 0.05) is 48.1 Å². The van der Waals surface area contributed by atoms with Crippen molar-refractivity contribution in [2.75, 3.05) is 18.4 Å². The van der Waals surface area contributed by atoms with Gasteiger partial charge in [0.1, 0.15) is 13.7 Å². The first-order chi connectivity index (χ1) is 15.9. The molecule has 0 bridgehead atoms. The number of nitrogens with one attached hydrogen (secondary N) is 1. The third kappa shape index (κ3) is 4.43. The van der Waals surface area contributed by atoms with Gasteiger partial charge in [0.2, 0.25) is 5.91 Å². The second kappa shape index (κ2) is 8.73. The minimum absolute atomic E-state index is 0.0300. The van der Waals surface area contributed by atoms with E-state index >= 15 is 0 Å². The molecule has 1 saturated heterocycles. The number of pyridine rings is 1. The Kier molecular flexibility index (Phi) is 5.77. The molecule has 1 unspecified atom stereocenters. The molecule has 1 aliphatic heterocycles. The van der Waals surface area contributed by atoms with Crippen molar-refractivity contribution in [2.24, 2.45) is 5.92 Å². The summed E-state index contributed by atoms with van der Waals surface area (Å²) in [6, 6.07) is 11.6. The van der Waals surface area contributed by atoms with Crippen LogP contribution in [0.1, 0.15) is 48.3 Å². The van der Waals surface area contributed by atoms with Gasteiger partial charge in [-0.15, -0.1) is 0 Å². The minimum atomic E-state index is -2.87. The number of halogens is 3. The molecule has 2 aromatic carbocycles. The Morgan fingerprint density at radius 1 is 1.18 bits per heavy atom. The molecule has 4 nitrogen and oxygen atoms in total. The second-order valence-corrected chi connectivity index (χ2v) is 8.89. The lowest BCUT2D eigenvalue weighted by Gasteiger charge is -2.17. The van der Waals surface area contributed by atoms with Crippen molar-refractivity contribution in [3.05, 3.63) is 65.0 Å². The first-order valence-electron chi connectivity index (χ1n) is 11.2. The summed E-state index contributed by atoms with van der Waals surface area (Å²) in [4.78, 5) is 18.8. The zero-order chi connectivity index (χ0) is 23.1. The van der Waals surface area contributed by atoms with Gasteiger partial charge >= 0.3 is 0 Å². The molecule has 1 amide bonds. The number of aromatic nitrogens is 1. The van der Waals surface area contributed by atoms with Crippen molar-refractivity contribution in [3.8, 4) is 0 Å². The van der Waals surface area contributed by atoms with E-state index in [1.54, 1.807) is 6.07 Å². The van der Waals surface area contributed by atoms with Crippen molar-refractivity contribution in [3.63, 3.8) is 0 Å². The molecule has 1 aromatic heterocycles. The molecule has 1 aliphatic carbocycles. The Morgan fingerprint density at radius 3 is 2.76 bits per heavy atom. The Hall–Kier alpha value is -3.03. The number of likely N-dealkylation sites (tertiary alicyclic amines) is 1. The van der Waals surface area contributed by atoms with E-state index in [2.05, 4.69) is 10.3 Å². The summed E-state index contributed by atoms with van der Waals surface area (Å²) < 4.78 is 40.5. The Bertz CT molecular complexity index is 1210. The van der Waals surface area contributed by atoms with Crippen LogP contribution in [0, 0.1) is 11.7 Å². The molecule has 1 atom stereocenters. The molecule has 33 heavy (non-hydrogen) atoms. The largest absolute Gasteiger partial charge is 0.380 e. The molecular formula is C25H23BF3N3O. The summed E-state index contributed by atoms with van der Waals surface area (Å²) in [5.41, 5.74) is 2.30. The molecule has 2 fully saturated rings. The monoisotopic (exact) mass is 449 g/mol. The van der Waals surface area contributed by atoms with E-state index in [0.29, 0.717) is 23.3 Å². The van der Waals surface area contributed by atoms with Crippen LogP contribution in [0.4, 0.5) is 18.9 Å². The second-order valence-electron chi connectivity index (χ2n) is 8.89. The molecule has 2 aliphatic rings. The molecular weight excluding hydrogens is 426 g/mol. The maximum Gasteiger partial charge on any atom is 0.266 e. The van der Waals surface area contributed by atoms with Gasteiger partial charge in [-0.3, -0.25) is 9.78 Å². The fourth-order valence-corrected chi connectivity index (χ4v) is 4.58. The summed E-state index contributed by atoms with van der Waals surface area (Å²) in [5.74, 6) is -0.184. The molecule has 1 N–H and O–H groups in total. The first kappa shape index (κ1) is 21.8. The summed E-state index contributed by atoms with van der Waals surface area (Å²) in [5, 5.41) is 3.97. The minimum Gasteiger partial charge on any atom is -0.380 e. The highest BCUT2D eigenvalue weighted by molar-refractivity contribution is 6.31. The van der Waals surface area contributed by atoms with E-state index < -0.39 is 17.8 Å². The van der Waals surface area contributed by atoms with Gasteiger partial charge in [-0.2, -0.15) is 0 Å². The average molecular weight is 449 g/mol. The maximum absolute atomic E-state index is 14.5. The number of carbonyl (C=O) groups excluding carboxylic acids is 1. The van der Waals surface area contributed by atoms with E-state index in [0.717, 1.165) is 42.8 Å².